The molecule has 0 saturated heterocycles. The Morgan fingerprint density at radius 1 is 0.280 bits per heavy atom. The van der Waals surface area contributed by atoms with Gasteiger partial charge in [-0.1, -0.05) is 206 Å². The first kappa shape index (κ1) is 97.7. The van der Waals surface area contributed by atoms with Gasteiger partial charge in [0.1, 0.15) is 0 Å². The quantitative estimate of drug-likeness (QED) is 0.103. The predicted octanol–water partition coefficient (Wildman–Crippen LogP) is 22.9. The highest BCUT2D eigenvalue weighted by Gasteiger charge is 2.36. The Kier molecular flexibility index (Phi) is 47.1. The standard InChI is InChI=1S/5C11H22O.4C9H18O/c1-8(2)4-10-5-9(3)6-11(12)7-10;1-8(2)6-10-4-5-11(12)7-9(10)3;1-8(2)6-10-7-9(3)4-5-11(10)12;1-8(2)6-10-5-4-9(3)7-11(10)12;1-8(2)7-10-9(3)5-4-6-11(10)12;1-7-4-8(10)6-9(2,3)5-7;1-7-6-9(2,3)5-4-8(7)10;1-7-6-8(10)4-5-9(7,2)3;1-7-4-5-9(2,3)6-8(7)10/h5*8-12H,4-7H2,1-3H3;4*7-8,10H,4-6H2,1-3H3. The van der Waals surface area contributed by atoms with Crippen molar-refractivity contribution in [3.63, 3.8) is 0 Å². The van der Waals surface area contributed by atoms with Gasteiger partial charge in [-0.25, -0.2) is 0 Å². The number of hydrogen-bond donors (Lipinski definition) is 9. The molecule has 9 rings (SSSR count). The van der Waals surface area contributed by atoms with Gasteiger partial charge in [0.05, 0.1) is 54.9 Å². The van der Waals surface area contributed by atoms with Crippen molar-refractivity contribution in [2.75, 3.05) is 0 Å². The second-order valence-electron chi connectivity index (χ2n) is 42.1. The van der Waals surface area contributed by atoms with Gasteiger partial charge in [0, 0.05) is 0 Å². The molecule has 9 saturated carbocycles. The lowest BCUT2D eigenvalue weighted by Gasteiger charge is -2.38. The van der Waals surface area contributed by atoms with Crippen LogP contribution in [0.4, 0.5) is 0 Å². The van der Waals surface area contributed by atoms with Gasteiger partial charge in [-0.15, -0.1) is 0 Å². The van der Waals surface area contributed by atoms with Gasteiger partial charge in [0.15, 0.2) is 0 Å². The summed E-state index contributed by atoms with van der Waals surface area (Å²) in [6.07, 6.45) is 36.5. The highest BCUT2D eigenvalue weighted by Crippen LogP contribution is 2.43. The smallest absolute Gasteiger partial charge is 0.0571 e. The minimum absolute atomic E-state index is 0.0106. The third kappa shape index (κ3) is 43.6. The summed E-state index contributed by atoms with van der Waals surface area (Å²) in [5, 5.41) is 86.0. The van der Waals surface area contributed by atoms with Crippen LogP contribution < -0.4 is 0 Å². The fourth-order valence-electron chi connectivity index (χ4n) is 19.5. The van der Waals surface area contributed by atoms with E-state index in [1.807, 2.05) is 0 Å². The fourth-order valence-corrected chi connectivity index (χ4v) is 19.5. The maximum atomic E-state index is 9.79. The zero-order valence-electron chi connectivity index (χ0n) is 71.8. The van der Waals surface area contributed by atoms with Crippen LogP contribution in [0.3, 0.4) is 0 Å². The summed E-state index contributed by atoms with van der Waals surface area (Å²) in [5.41, 5.74) is 1.68. The summed E-state index contributed by atoms with van der Waals surface area (Å²) in [6, 6.07) is 0. The molecule has 23 atom stereocenters. The molecule has 0 aromatic rings. The zero-order valence-corrected chi connectivity index (χ0v) is 71.8. The van der Waals surface area contributed by atoms with Crippen LogP contribution in [-0.4, -0.2) is 101 Å². The van der Waals surface area contributed by atoms with E-state index in [1.54, 1.807) is 0 Å². The zero-order chi connectivity index (χ0) is 76.8. The average Bonchev–Trinajstić information content (AvgIpc) is 0.879. The van der Waals surface area contributed by atoms with Crippen LogP contribution in [-0.2, 0) is 0 Å². The summed E-state index contributed by atoms with van der Waals surface area (Å²) in [4.78, 5) is 0. The molecule has 9 nitrogen and oxygen atoms in total. The van der Waals surface area contributed by atoms with E-state index >= 15 is 0 Å². The minimum Gasteiger partial charge on any atom is -0.393 e. The van der Waals surface area contributed by atoms with Crippen LogP contribution in [0.1, 0.15) is 392 Å². The van der Waals surface area contributed by atoms with Gasteiger partial charge in [-0.3, -0.25) is 0 Å². The van der Waals surface area contributed by atoms with E-state index in [9.17, 15) is 46.0 Å². The molecule has 9 aliphatic rings. The van der Waals surface area contributed by atoms with Crippen molar-refractivity contribution in [3.8, 4) is 0 Å². The first-order valence-corrected chi connectivity index (χ1v) is 43.1. The van der Waals surface area contributed by atoms with Crippen molar-refractivity contribution in [2.24, 2.45) is 134 Å². The Morgan fingerprint density at radius 3 is 1.26 bits per heavy atom. The van der Waals surface area contributed by atoms with E-state index < -0.39 is 0 Å². The normalized spacial score (nSPS) is 38.2. The molecule has 9 aliphatic carbocycles. The van der Waals surface area contributed by atoms with Crippen LogP contribution >= 0.6 is 0 Å². The molecule has 9 heteroatoms. The third-order valence-electron chi connectivity index (χ3n) is 25.8. The molecule has 23 unspecified atom stereocenters. The van der Waals surface area contributed by atoms with Crippen LogP contribution in [0.2, 0.25) is 0 Å². The predicted molar refractivity (Wildman–Crippen MR) is 431 cm³/mol. The van der Waals surface area contributed by atoms with E-state index in [2.05, 4.69) is 187 Å². The fraction of sp³-hybridized carbons (Fsp3) is 1.00. The molecule has 0 aromatic carbocycles. The summed E-state index contributed by atoms with van der Waals surface area (Å²) >= 11 is 0. The van der Waals surface area contributed by atoms with Gasteiger partial charge in [0.25, 0.3) is 0 Å². The Bertz CT molecular complexity index is 1920. The van der Waals surface area contributed by atoms with Crippen LogP contribution in [0.15, 0.2) is 0 Å². The number of aliphatic hydroxyl groups excluding tert-OH is 9. The second-order valence-corrected chi connectivity index (χ2v) is 42.1. The van der Waals surface area contributed by atoms with Crippen LogP contribution in [0, 0.1) is 134 Å². The van der Waals surface area contributed by atoms with E-state index in [0.29, 0.717) is 63.1 Å². The average molecular weight is 1420 g/mol. The van der Waals surface area contributed by atoms with Crippen molar-refractivity contribution in [3.05, 3.63) is 0 Å². The first-order valence-electron chi connectivity index (χ1n) is 43.1. The first-order chi connectivity index (χ1) is 46.0. The summed E-state index contributed by atoms with van der Waals surface area (Å²) in [6.45, 7) is 60.8. The molecule has 0 aromatic heterocycles. The highest BCUT2D eigenvalue weighted by atomic mass is 16.3. The number of hydrogen-bond acceptors (Lipinski definition) is 9. The summed E-state index contributed by atoms with van der Waals surface area (Å²) < 4.78 is 0. The molecule has 0 heterocycles. The number of rotatable bonds is 10. The van der Waals surface area contributed by atoms with Gasteiger partial charge in [-0.05, 0) is 320 Å². The molecular formula is C91H182O9. The number of aliphatic hydroxyl groups is 9. The van der Waals surface area contributed by atoms with Crippen molar-refractivity contribution >= 4 is 0 Å². The van der Waals surface area contributed by atoms with Gasteiger partial charge in [0.2, 0.25) is 0 Å². The molecule has 600 valence electrons. The molecule has 0 bridgehead atoms. The highest BCUT2D eigenvalue weighted by molar-refractivity contribution is 4.88. The maximum Gasteiger partial charge on any atom is 0.0571 e. The third-order valence-corrected chi connectivity index (χ3v) is 25.8. The molecule has 0 aliphatic heterocycles. The Labute approximate surface area is 624 Å². The lowest BCUT2D eigenvalue weighted by atomic mass is 9.69. The lowest BCUT2D eigenvalue weighted by Crippen LogP contribution is -2.32. The van der Waals surface area contributed by atoms with Gasteiger partial charge in [-0.2, -0.15) is 0 Å². The van der Waals surface area contributed by atoms with E-state index in [1.165, 1.54) is 122 Å². The lowest BCUT2D eigenvalue weighted by molar-refractivity contribution is 0.0232. The van der Waals surface area contributed by atoms with Gasteiger partial charge < -0.3 is 46.0 Å². The monoisotopic (exact) mass is 1420 g/mol. The maximum absolute atomic E-state index is 9.79. The van der Waals surface area contributed by atoms with E-state index in [4.69, 9.17) is 0 Å². The molecule has 9 N–H and O–H groups in total. The minimum atomic E-state index is -0.0521. The molecule has 9 fully saturated rings. The van der Waals surface area contributed by atoms with Crippen molar-refractivity contribution < 1.29 is 46.0 Å². The van der Waals surface area contributed by atoms with Crippen molar-refractivity contribution in [1.82, 2.24) is 0 Å². The SMILES string of the molecule is CC(C)CC1C(C)CCCC1O.CC(C)CC1CC(C)CC(O)C1.CC(C)CC1CC(C)CCC1O.CC(C)CC1CCC(C)CC1O.CC(C)CC1CCC(O)CC1C.CC1CC(C)(C)CCC1O.CC1CC(O)CC(C)(C)C1.CC1CC(O)CCC1(C)C.CC1CCC(C)(C)CC1O. The van der Waals surface area contributed by atoms with Crippen molar-refractivity contribution in [1.29, 1.82) is 0 Å². The van der Waals surface area contributed by atoms with E-state index in [0.717, 1.165) is 154 Å². The van der Waals surface area contributed by atoms with Gasteiger partial charge >= 0.3 is 0 Å². The van der Waals surface area contributed by atoms with E-state index in [-0.39, 0.29) is 54.9 Å². The summed E-state index contributed by atoms with van der Waals surface area (Å²) in [5.74, 6) is 13.3. The molecule has 0 amide bonds. The largest absolute Gasteiger partial charge is 0.393 e. The molecule has 0 spiro atoms. The molecule has 0 radical (unpaired) electrons. The Hall–Kier alpha value is -0.360. The topological polar surface area (TPSA) is 182 Å². The summed E-state index contributed by atoms with van der Waals surface area (Å²) in [7, 11) is 0. The molecule has 100 heavy (non-hydrogen) atoms. The Balaban J connectivity index is 0.000000563. The molecular weight excluding hydrogens is 1240 g/mol. The Morgan fingerprint density at radius 2 is 0.790 bits per heavy atom. The van der Waals surface area contributed by atoms with Crippen LogP contribution in [0.25, 0.3) is 0 Å². The van der Waals surface area contributed by atoms with Crippen LogP contribution in [0.5, 0.6) is 0 Å². The second kappa shape index (κ2) is 48.2. The van der Waals surface area contributed by atoms with Crippen molar-refractivity contribution in [2.45, 2.75) is 447 Å².